The van der Waals surface area contributed by atoms with Crippen LogP contribution in [0, 0.1) is 0 Å². The van der Waals surface area contributed by atoms with E-state index in [2.05, 4.69) is 0 Å². The Balaban J connectivity index is 1.54. The molecule has 0 bridgehead atoms. The van der Waals surface area contributed by atoms with Gasteiger partial charge in [-0.1, -0.05) is 54.1 Å². The van der Waals surface area contributed by atoms with Gasteiger partial charge in [0.25, 0.3) is 11.1 Å². The molecule has 3 aromatic rings. The average Bonchev–Trinajstić information content (AvgIpc) is 3.09. The summed E-state index contributed by atoms with van der Waals surface area (Å²) in [5, 5.41) is 0.105. The number of nitrogens with zero attached hydrogens (tertiary/aromatic N) is 1. The SMILES string of the molecule is CCOc1cc(/C=C2\SC(=O)N(Cc3ccccc3)C2=O)ccc1OC(=O)c1cccc(Cl)c1. The van der Waals surface area contributed by atoms with E-state index in [-0.39, 0.29) is 23.4 Å². The normalized spacial score (nSPS) is 14.5. The first-order valence-corrected chi connectivity index (χ1v) is 11.7. The van der Waals surface area contributed by atoms with Crippen LogP contribution in [0.1, 0.15) is 28.4 Å². The molecule has 0 atom stereocenters. The topological polar surface area (TPSA) is 72.9 Å². The number of hydrogen-bond donors (Lipinski definition) is 0. The Kier molecular flexibility index (Phi) is 7.35. The Labute approximate surface area is 206 Å². The standard InChI is InChI=1S/C26H20ClNO5S/c1-2-32-22-13-18(11-12-21(22)33-25(30)19-9-6-10-20(27)15-19)14-23-24(29)28(26(31)34-23)16-17-7-4-3-5-8-17/h3-15H,2,16H2,1H3/b23-14-. The van der Waals surface area contributed by atoms with Crippen LogP contribution in [-0.4, -0.2) is 28.6 Å². The van der Waals surface area contributed by atoms with E-state index in [9.17, 15) is 14.4 Å². The van der Waals surface area contributed by atoms with Crippen molar-refractivity contribution in [3.63, 3.8) is 0 Å². The van der Waals surface area contributed by atoms with Gasteiger partial charge in [-0.2, -0.15) is 0 Å². The molecule has 0 aliphatic carbocycles. The lowest BCUT2D eigenvalue weighted by atomic mass is 10.1. The minimum atomic E-state index is -0.571. The monoisotopic (exact) mass is 493 g/mol. The largest absolute Gasteiger partial charge is 0.490 e. The van der Waals surface area contributed by atoms with Crippen LogP contribution in [-0.2, 0) is 11.3 Å². The Morgan fingerprint density at radius 3 is 2.53 bits per heavy atom. The molecular formula is C26H20ClNO5S. The number of amides is 2. The van der Waals surface area contributed by atoms with E-state index in [0.29, 0.717) is 33.4 Å². The number of thioether (sulfide) groups is 1. The summed E-state index contributed by atoms with van der Waals surface area (Å²) in [5.41, 5.74) is 1.82. The number of carbonyl (C=O) groups excluding carboxylic acids is 3. The second kappa shape index (κ2) is 10.6. The van der Waals surface area contributed by atoms with Gasteiger partial charge in [0.1, 0.15) is 0 Å². The Bertz CT molecular complexity index is 1280. The molecule has 0 N–H and O–H groups in total. The second-order valence-electron chi connectivity index (χ2n) is 7.29. The molecule has 1 heterocycles. The molecule has 4 rings (SSSR count). The summed E-state index contributed by atoms with van der Waals surface area (Å²) in [5.74, 6) is -0.345. The van der Waals surface area contributed by atoms with Crippen LogP contribution in [0.15, 0.2) is 77.7 Å². The van der Waals surface area contributed by atoms with Crippen molar-refractivity contribution in [1.29, 1.82) is 0 Å². The van der Waals surface area contributed by atoms with Gasteiger partial charge >= 0.3 is 5.97 Å². The maximum Gasteiger partial charge on any atom is 0.343 e. The van der Waals surface area contributed by atoms with Crippen molar-refractivity contribution in [2.75, 3.05) is 6.61 Å². The van der Waals surface area contributed by atoms with Gasteiger partial charge in [-0.25, -0.2) is 4.79 Å². The molecule has 1 aliphatic rings. The van der Waals surface area contributed by atoms with Gasteiger partial charge in [-0.3, -0.25) is 14.5 Å². The second-order valence-corrected chi connectivity index (χ2v) is 8.72. The number of ether oxygens (including phenoxy) is 2. The molecule has 0 saturated carbocycles. The quantitative estimate of drug-likeness (QED) is 0.222. The zero-order valence-corrected chi connectivity index (χ0v) is 19.8. The van der Waals surface area contributed by atoms with E-state index in [1.54, 1.807) is 42.5 Å². The van der Waals surface area contributed by atoms with Crippen molar-refractivity contribution in [3.05, 3.63) is 99.4 Å². The van der Waals surface area contributed by atoms with Crippen molar-refractivity contribution in [1.82, 2.24) is 4.90 Å². The van der Waals surface area contributed by atoms with E-state index in [0.717, 1.165) is 17.3 Å². The number of halogens is 1. The third-order valence-electron chi connectivity index (χ3n) is 4.89. The zero-order chi connectivity index (χ0) is 24.1. The molecule has 0 aromatic heterocycles. The van der Waals surface area contributed by atoms with Crippen LogP contribution in [0.3, 0.4) is 0 Å². The third-order valence-corrected chi connectivity index (χ3v) is 6.03. The van der Waals surface area contributed by atoms with Crippen LogP contribution >= 0.6 is 23.4 Å². The summed E-state index contributed by atoms with van der Waals surface area (Å²) in [7, 11) is 0. The summed E-state index contributed by atoms with van der Waals surface area (Å²) >= 11 is 6.84. The van der Waals surface area contributed by atoms with Gasteiger partial charge in [-0.05, 0) is 66.2 Å². The first-order valence-electron chi connectivity index (χ1n) is 10.5. The Morgan fingerprint density at radius 1 is 1.00 bits per heavy atom. The summed E-state index contributed by atoms with van der Waals surface area (Å²) in [6.07, 6.45) is 1.63. The van der Waals surface area contributed by atoms with Crippen molar-refractivity contribution in [3.8, 4) is 11.5 Å². The van der Waals surface area contributed by atoms with Gasteiger partial charge in [0.05, 0.1) is 23.6 Å². The molecule has 172 valence electrons. The van der Waals surface area contributed by atoms with Gasteiger partial charge in [-0.15, -0.1) is 0 Å². The molecule has 1 aliphatic heterocycles. The number of benzene rings is 3. The lowest BCUT2D eigenvalue weighted by Crippen LogP contribution is -2.27. The summed E-state index contributed by atoms with van der Waals surface area (Å²) in [6, 6.07) is 20.7. The first-order chi connectivity index (χ1) is 16.4. The van der Waals surface area contributed by atoms with E-state index in [1.165, 1.54) is 11.0 Å². The minimum Gasteiger partial charge on any atom is -0.490 e. The van der Waals surface area contributed by atoms with E-state index >= 15 is 0 Å². The fourth-order valence-electron chi connectivity index (χ4n) is 3.29. The van der Waals surface area contributed by atoms with Crippen molar-refractivity contribution in [2.24, 2.45) is 0 Å². The fraction of sp³-hybridized carbons (Fsp3) is 0.115. The minimum absolute atomic E-state index is 0.214. The number of carbonyl (C=O) groups is 3. The van der Waals surface area contributed by atoms with Crippen LogP contribution in [0.25, 0.3) is 6.08 Å². The molecule has 6 nitrogen and oxygen atoms in total. The molecule has 8 heteroatoms. The fourth-order valence-corrected chi connectivity index (χ4v) is 4.32. The maximum absolute atomic E-state index is 12.8. The molecule has 0 unspecified atom stereocenters. The highest BCUT2D eigenvalue weighted by atomic mass is 35.5. The lowest BCUT2D eigenvalue weighted by molar-refractivity contribution is -0.123. The number of esters is 1. The van der Waals surface area contributed by atoms with E-state index in [4.69, 9.17) is 21.1 Å². The third kappa shape index (κ3) is 5.50. The molecule has 0 spiro atoms. The number of imide groups is 1. The first kappa shape index (κ1) is 23.6. The highest BCUT2D eigenvalue weighted by Crippen LogP contribution is 2.35. The van der Waals surface area contributed by atoms with Crippen LogP contribution in [0.4, 0.5) is 4.79 Å². The molecular weight excluding hydrogens is 474 g/mol. The predicted octanol–water partition coefficient (Wildman–Crippen LogP) is 6.19. The number of rotatable bonds is 7. The van der Waals surface area contributed by atoms with Crippen molar-refractivity contribution >= 4 is 46.6 Å². The molecule has 0 radical (unpaired) electrons. The van der Waals surface area contributed by atoms with Crippen molar-refractivity contribution in [2.45, 2.75) is 13.5 Å². The van der Waals surface area contributed by atoms with E-state index < -0.39 is 5.97 Å². The smallest absolute Gasteiger partial charge is 0.343 e. The van der Waals surface area contributed by atoms with Crippen LogP contribution in [0.5, 0.6) is 11.5 Å². The predicted molar refractivity (Wildman–Crippen MR) is 132 cm³/mol. The highest BCUT2D eigenvalue weighted by molar-refractivity contribution is 8.18. The molecule has 2 amide bonds. The molecule has 1 saturated heterocycles. The summed E-state index contributed by atoms with van der Waals surface area (Å²) in [4.78, 5) is 39.3. The summed E-state index contributed by atoms with van der Waals surface area (Å²) in [6.45, 7) is 2.37. The van der Waals surface area contributed by atoms with Crippen molar-refractivity contribution < 1.29 is 23.9 Å². The van der Waals surface area contributed by atoms with Gasteiger partial charge in [0, 0.05) is 5.02 Å². The lowest BCUT2D eigenvalue weighted by Gasteiger charge is -2.12. The van der Waals surface area contributed by atoms with E-state index in [1.807, 2.05) is 37.3 Å². The van der Waals surface area contributed by atoms with Crippen LogP contribution < -0.4 is 9.47 Å². The Morgan fingerprint density at radius 2 is 1.79 bits per heavy atom. The summed E-state index contributed by atoms with van der Waals surface area (Å²) < 4.78 is 11.2. The van der Waals surface area contributed by atoms with Gasteiger partial charge in [0.2, 0.25) is 0 Å². The number of hydrogen-bond acceptors (Lipinski definition) is 6. The molecule has 34 heavy (non-hydrogen) atoms. The van der Waals surface area contributed by atoms with Gasteiger partial charge in [0.15, 0.2) is 11.5 Å². The highest BCUT2D eigenvalue weighted by Gasteiger charge is 2.35. The molecule has 1 fully saturated rings. The average molecular weight is 494 g/mol. The zero-order valence-electron chi connectivity index (χ0n) is 18.2. The Hall–Kier alpha value is -3.55. The molecule has 3 aromatic carbocycles. The van der Waals surface area contributed by atoms with Crippen LogP contribution in [0.2, 0.25) is 5.02 Å². The van der Waals surface area contributed by atoms with Gasteiger partial charge < -0.3 is 9.47 Å². The maximum atomic E-state index is 12.8.